The molecule has 1 heterocycles. The van der Waals surface area contributed by atoms with E-state index >= 15 is 0 Å². The highest BCUT2D eigenvalue weighted by molar-refractivity contribution is 8.13. The molecule has 0 aliphatic rings. The molecule has 1 aromatic heterocycles. The van der Waals surface area contributed by atoms with E-state index in [0.717, 1.165) is 5.56 Å². The number of thioether (sulfide) groups is 1. The van der Waals surface area contributed by atoms with Gasteiger partial charge in [0.15, 0.2) is 0 Å². The average molecular weight is 404 g/mol. The first-order valence-electron chi connectivity index (χ1n) is 8.80. The second-order valence-electron chi connectivity index (χ2n) is 5.88. The third-order valence-electron chi connectivity index (χ3n) is 4.12. The fourth-order valence-corrected chi connectivity index (χ4v) is 3.74. The van der Waals surface area contributed by atoms with Crippen molar-refractivity contribution in [2.75, 3.05) is 7.05 Å². The predicted octanol–water partition coefficient (Wildman–Crippen LogP) is 4.25. The molecule has 3 aromatic rings. The minimum Gasteiger partial charge on any atom is -0.459 e. The maximum absolute atomic E-state index is 13.2. The van der Waals surface area contributed by atoms with Gasteiger partial charge in [-0.1, -0.05) is 54.2 Å². The number of nitrogens with two attached hydrogens (primary N) is 1. The molecular formula is C22H20N4O2S. The molecule has 0 aliphatic heterocycles. The molecule has 0 saturated carbocycles. The maximum atomic E-state index is 13.2. The lowest BCUT2D eigenvalue weighted by Gasteiger charge is -2.11. The van der Waals surface area contributed by atoms with Crippen molar-refractivity contribution in [3.05, 3.63) is 82.5 Å². The van der Waals surface area contributed by atoms with Crippen LogP contribution in [-0.4, -0.2) is 25.1 Å². The molecule has 6 nitrogen and oxygen atoms in total. The molecule has 0 atom stereocenters. The van der Waals surface area contributed by atoms with Gasteiger partial charge in [0.1, 0.15) is 22.1 Å². The quantitative estimate of drug-likeness (QED) is 0.491. The maximum Gasteiger partial charge on any atom is 0.200 e. The zero-order chi connectivity index (χ0) is 20.6. The number of hydrogen-bond donors (Lipinski definition) is 1. The normalized spacial score (nSPS) is 12.6. The number of fused-ring (bicyclic) bond motifs is 1. The largest absolute Gasteiger partial charge is 0.459 e. The molecule has 146 valence electrons. The van der Waals surface area contributed by atoms with Crippen LogP contribution >= 0.6 is 11.8 Å². The number of aliphatic imine (C=N–C) groups is 3. The molecule has 2 aromatic carbocycles. The third-order valence-corrected chi connectivity index (χ3v) is 5.19. The summed E-state index contributed by atoms with van der Waals surface area (Å²) in [7, 11) is 1.65. The predicted molar refractivity (Wildman–Crippen MR) is 123 cm³/mol. The van der Waals surface area contributed by atoms with Crippen molar-refractivity contribution in [2.45, 2.75) is 5.75 Å². The van der Waals surface area contributed by atoms with Gasteiger partial charge in [0.05, 0.1) is 29.2 Å². The standard InChI is InChI=1S/C22H20N4O2S/c1-24-12-17(26-14-23)22(25-2)29-13-19-20(15-8-4-3-5-9-15)21(27)16-10-6-7-11-18(16)28-19/h3-12,14H,1,13H2,2H3,(H2,23,26)/b17-12+,25-22?. The molecule has 0 spiro atoms. The monoisotopic (exact) mass is 404 g/mol. The third kappa shape index (κ3) is 4.52. The van der Waals surface area contributed by atoms with E-state index in [1.165, 1.54) is 24.3 Å². The van der Waals surface area contributed by atoms with Crippen molar-refractivity contribution in [3.8, 4) is 11.1 Å². The SMILES string of the molecule is C=N/C=C(/N=CN)C(=NC)SCc1oc2ccccc2c(=O)c1-c1ccccc1. The van der Waals surface area contributed by atoms with E-state index in [9.17, 15) is 4.79 Å². The van der Waals surface area contributed by atoms with Gasteiger partial charge in [-0.15, -0.1) is 0 Å². The topological polar surface area (TPSA) is 93.3 Å². The summed E-state index contributed by atoms with van der Waals surface area (Å²) >= 11 is 1.38. The highest BCUT2D eigenvalue weighted by Crippen LogP contribution is 2.29. The fraction of sp³-hybridized carbons (Fsp3) is 0.0909. The minimum atomic E-state index is -0.0628. The van der Waals surface area contributed by atoms with E-state index in [1.807, 2.05) is 42.5 Å². The summed E-state index contributed by atoms with van der Waals surface area (Å²) in [5, 5.41) is 1.16. The molecule has 0 radical (unpaired) electrons. The number of rotatable bonds is 6. The summed E-state index contributed by atoms with van der Waals surface area (Å²) in [5.41, 5.74) is 7.74. The Balaban J connectivity index is 2.08. The van der Waals surface area contributed by atoms with E-state index in [4.69, 9.17) is 10.2 Å². The van der Waals surface area contributed by atoms with Crippen LogP contribution in [0.15, 0.2) is 90.7 Å². The molecule has 0 bridgehead atoms. The summed E-state index contributed by atoms with van der Waals surface area (Å²) in [5.74, 6) is 0.944. The van der Waals surface area contributed by atoms with Crippen LogP contribution in [0, 0.1) is 0 Å². The zero-order valence-corrected chi connectivity index (χ0v) is 16.7. The van der Waals surface area contributed by atoms with E-state index in [0.29, 0.717) is 38.8 Å². The van der Waals surface area contributed by atoms with Gasteiger partial charge in [-0.3, -0.25) is 14.8 Å². The summed E-state index contributed by atoms with van der Waals surface area (Å²) in [6.07, 6.45) is 2.65. The number of benzene rings is 2. The Hall–Kier alpha value is -3.45. The Labute approximate surface area is 172 Å². The second-order valence-corrected chi connectivity index (χ2v) is 6.85. The van der Waals surface area contributed by atoms with Gasteiger partial charge in [0, 0.05) is 7.05 Å². The van der Waals surface area contributed by atoms with E-state index in [1.54, 1.807) is 19.2 Å². The Kier molecular flexibility index (Phi) is 6.76. The Morgan fingerprint density at radius 2 is 1.90 bits per heavy atom. The lowest BCUT2D eigenvalue weighted by Crippen LogP contribution is -2.09. The molecule has 0 fully saturated rings. The first-order valence-corrected chi connectivity index (χ1v) is 9.78. The molecule has 0 saturated heterocycles. The van der Waals surface area contributed by atoms with Gasteiger partial charge in [0.25, 0.3) is 0 Å². The molecule has 3 rings (SSSR count). The van der Waals surface area contributed by atoms with E-state index in [-0.39, 0.29) is 5.43 Å². The van der Waals surface area contributed by atoms with Crippen LogP contribution in [0.5, 0.6) is 0 Å². The Morgan fingerprint density at radius 1 is 1.17 bits per heavy atom. The van der Waals surface area contributed by atoms with Gasteiger partial charge in [-0.05, 0) is 24.4 Å². The van der Waals surface area contributed by atoms with Crippen molar-refractivity contribution in [2.24, 2.45) is 20.7 Å². The molecule has 0 amide bonds. The molecule has 7 heteroatoms. The van der Waals surface area contributed by atoms with Crippen molar-refractivity contribution in [1.82, 2.24) is 0 Å². The fourth-order valence-electron chi connectivity index (χ4n) is 2.88. The van der Waals surface area contributed by atoms with Crippen LogP contribution in [0.4, 0.5) is 0 Å². The number of nitrogens with zero attached hydrogens (tertiary/aromatic N) is 3. The Bertz CT molecular complexity index is 1160. The van der Waals surface area contributed by atoms with Crippen molar-refractivity contribution in [3.63, 3.8) is 0 Å². The molecule has 2 N–H and O–H groups in total. The van der Waals surface area contributed by atoms with Gasteiger partial charge < -0.3 is 10.2 Å². The van der Waals surface area contributed by atoms with Crippen LogP contribution in [0.3, 0.4) is 0 Å². The molecule has 29 heavy (non-hydrogen) atoms. The van der Waals surface area contributed by atoms with Gasteiger partial charge in [0.2, 0.25) is 5.43 Å². The smallest absolute Gasteiger partial charge is 0.200 e. The molecule has 0 unspecified atom stereocenters. The molecule has 0 aliphatic carbocycles. The van der Waals surface area contributed by atoms with Gasteiger partial charge in [-0.2, -0.15) is 0 Å². The van der Waals surface area contributed by atoms with Crippen LogP contribution < -0.4 is 11.2 Å². The van der Waals surface area contributed by atoms with E-state index in [2.05, 4.69) is 21.7 Å². The average Bonchev–Trinajstić information content (AvgIpc) is 2.75. The van der Waals surface area contributed by atoms with Crippen molar-refractivity contribution >= 4 is 40.8 Å². The Morgan fingerprint density at radius 3 is 2.59 bits per heavy atom. The summed E-state index contributed by atoms with van der Waals surface area (Å²) < 4.78 is 6.13. The lowest BCUT2D eigenvalue weighted by atomic mass is 10.0. The van der Waals surface area contributed by atoms with Crippen LogP contribution in [0.25, 0.3) is 22.1 Å². The number of hydrogen-bond acceptors (Lipinski definition) is 6. The van der Waals surface area contributed by atoms with Crippen LogP contribution in [0.1, 0.15) is 5.76 Å². The number of para-hydroxylation sites is 1. The second kappa shape index (κ2) is 9.66. The first kappa shape index (κ1) is 20.3. The first-order chi connectivity index (χ1) is 14.2. The summed E-state index contributed by atoms with van der Waals surface area (Å²) in [4.78, 5) is 25.3. The van der Waals surface area contributed by atoms with Crippen LogP contribution in [-0.2, 0) is 5.75 Å². The lowest BCUT2D eigenvalue weighted by molar-refractivity contribution is 0.563. The van der Waals surface area contributed by atoms with Crippen LogP contribution in [0.2, 0.25) is 0 Å². The van der Waals surface area contributed by atoms with Gasteiger partial charge >= 0.3 is 0 Å². The molecular weight excluding hydrogens is 384 g/mol. The van der Waals surface area contributed by atoms with Crippen molar-refractivity contribution < 1.29 is 4.42 Å². The zero-order valence-electron chi connectivity index (χ0n) is 15.9. The van der Waals surface area contributed by atoms with Gasteiger partial charge in [-0.25, -0.2) is 4.99 Å². The summed E-state index contributed by atoms with van der Waals surface area (Å²) in [6.45, 7) is 3.45. The summed E-state index contributed by atoms with van der Waals surface area (Å²) in [6, 6.07) is 16.7. The minimum absolute atomic E-state index is 0.0628. The van der Waals surface area contributed by atoms with Crippen molar-refractivity contribution in [1.29, 1.82) is 0 Å². The highest BCUT2D eigenvalue weighted by atomic mass is 32.2. The highest BCUT2D eigenvalue weighted by Gasteiger charge is 2.17. The van der Waals surface area contributed by atoms with E-state index < -0.39 is 0 Å².